The van der Waals surface area contributed by atoms with Gasteiger partial charge in [0, 0.05) is 5.92 Å². The predicted molar refractivity (Wildman–Crippen MR) is 58.7 cm³/mol. The number of aliphatic hydroxyl groups excluding tert-OH is 3. The van der Waals surface area contributed by atoms with Crippen molar-refractivity contribution in [3.63, 3.8) is 0 Å². The van der Waals surface area contributed by atoms with Crippen molar-refractivity contribution in [1.29, 1.82) is 0 Å². The van der Waals surface area contributed by atoms with E-state index in [4.69, 9.17) is 15.3 Å². The van der Waals surface area contributed by atoms with Gasteiger partial charge in [-0.15, -0.1) is 0 Å². The summed E-state index contributed by atoms with van der Waals surface area (Å²) in [7, 11) is 0. The van der Waals surface area contributed by atoms with Gasteiger partial charge in [0.25, 0.3) is 0 Å². The zero-order valence-corrected chi connectivity index (χ0v) is 9.48. The largest absolute Gasteiger partial charge is 0.394 e. The van der Waals surface area contributed by atoms with Gasteiger partial charge in [0.15, 0.2) is 0 Å². The van der Waals surface area contributed by atoms with Crippen molar-refractivity contribution in [2.75, 3.05) is 19.8 Å². The summed E-state index contributed by atoms with van der Waals surface area (Å²) in [5.74, 6) is -0.213. The number of hydrogen-bond donors (Lipinski definition) is 4. The van der Waals surface area contributed by atoms with E-state index in [1.54, 1.807) is 0 Å². The first-order valence-electron chi connectivity index (χ1n) is 5.82. The van der Waals surface area contributed by atoms with Gasteiger partial charge < -0.3 is 20.6 Å². The molecule has 0 atom stereocenters. The van der Waals surface area contributed by atoms with Crippen LogP contribution < -0.4 is 5.32 Å². The summed E-state index contributed by atoms with van der Waals surface area (Å²) in [5.41, 5.74) is -1.28. The first-order valence-corrected chi connectivity index (χ1v) is 5.82. The van der Waals surface area contributed by atoms with Gasteiger partial charge in [-0.3, -0.25) is 4.79 Å². The van der Waals surface area contributed by atoms with Gasteiger partial charge in [0.1, 0.15) is 5.54 Å². The Morgan fingerprint density at radius 2 is 1.56 bits per heavy atom. The molecule has 1 fully saturated rings. The second-order valence-electron chi connectivity index (χ2n) is 4.58. The Kier molecular flexibility index (Phi) is 5.18. The van der Waals surface area contributed by atoms with Crippen molar-refractivity contribution in [1.82, 2.24) is 5.32 Å². The number of hydrogen-bond acceptors (Lipinski definition) is 4. The molecule has 0 saturated heterocycles. The minimum absolute atomic E-state index is 0.0437. The molecule has 0 aromatic rings. The number of nitrogens with one attached hydrogen (secondary N) is 1. The van der Waals surface area contributed by atoms with Crippen LogP contribution in [-0.4, -0.2) is 46.6 Å². The molecular weight excluding hydrogens is 210 g/mol. The second-order valence-corrected chi connectivity index (χ2v) is 4.58. The van der Waals surface area contributed by atoms with E-state index in [0.29, 0.717) is 0 Å². The fourth-order valence-corrected chi connectivity index (χ4v) is 2.00. The van der Waals surface area contributed by atoms with E-state index in [2.05, 4.69) is 5.32 Å². The lowest BCUT2D eigenvalue weighted by molar-refractivity contribution is -0.130. The Morgan fingerprint density at radius 3 is 2.00 bits per heavy atom. The monoisotopic (exact) mass is 231 g/mol. The maximum absolute atomic E-state index is 11.8. The molecule has 4 N–H and O–H groups in total. The molecule has 0 aromatic carbocycles. The standard InChI is InChI=1S/C11H21NO4/c13-6-11(7-14,8-15)12-10(16)9-4-2-1-3-5-9/h9,13-15H,1-8H2,(H,12,16). The molecule has 0 bridgehead atoms. The molecule has 1 saturated carbocycles. The van der Waals surface area contributed by atoms with Gasteiger partial charge in [-0.1, -0.05) is 19.3 Å². The molecule has 1 aliphatic carbocycles. The summed E-state index contributed by atoms with van der Waals surface area (Å²) in [6.45, 7) is -1.38. The highest BCUT2D eigenvalue weighted by Gasteiger charge is 2.32. The molecule has 1 rings (SSSR count). The van der Waals surface area contributed by atoms with Crippen molar-refractivity contribution in [2.24, 2.45) is 5.92 Å². The molecule has 16 heavy (non-hydrogen) atoms. The van der Waals surface area contributed by atoms with E-state index < -0.39 is 25.4 Å². The Bertz CT molecular complexity index is 214. The van der Waals surface area contributed by atoms with Gasteiger partial charge >= 0.3 is 0 Å². The lowest BCUT2D eigenvalue weighted by Gasteiger charge is -2.31. The van der Waals surface area contributed by atoms with Crippen molar-refractivity contribution in [3.05, 3.63) is 0 Å². The van der Waals surface area contributed by atoms with E-state index in [0.717, 1.165) is 32.1 Å². The summed E-state index contributed by atoms with van der Waals surface area (Å²) in [6.07, 6.45) is 4.95. The predicted octanol–water partition coefficient (Wildman–Crippen LogP) is -0.601. The first-order chi connectivity index (χ1) is 7.67. The van der Waals surface area contributed by atoms with Crippen LogP contribution in [0, 0.1) is 5.92 Å². The summed E-state index contributed by atoms with van der Waals surface area (Å²) < 4.78 is 0. The average Bonchev–Trinajstić information content (AvgIpc) is 2.37. The molecule has 1 amide bonds. The van der Waals surface area contributed by atoms with Crippen molar-refractivity contribution in [2.45, 2.75) is 37.6 Å². The van der Waals surface area contributed by atoms with Crippen molar-refractivity contribution < 1.29 is 20.1 Å². The van der Waals surface area contributed by atoms with Crippen LogP contribution in [-0.2, 0) is 4.79 Å². The zero-order valence-electron chi connectivity index (χ0n) is 9.48. The lowest BCUT2D eigenvalue weighted by atomic mass is 9.88. The normalized spacial score (nSPS) is 18.4. The van der Waals surface area contributed by atoms with Gasteiger partial charge in [-0.05, 0) is 12.8 Å². The van der Waals surface area contributed by atoms with E-state index in [9.17, 15) is 4.79 Å². The van der Waals surface area contributed by atoms with Crippen LogP contribution in [0.3, 0.4) is 0 Å². The molecule has 0 spiro atoms. The SMILES string of the molecule is O=C(NC(CO)(CO)CO)C1CCCCC1. The Hall–Kier alpha value is -0.650. The Balaban J connectivity index is 2.53. The van der Waals surface area contributed by atoms with Crippen LogP contribution in [0.2, 0.25) is 0 Å². The van der Waals surface area contributed by atoms with Crippen LogP contribution in [0.4, 0.5) is 0 Å². The van der Waals surface area contributed by atoms with Crippen LogP contribution in [0.25, 0.3) is 0 Å². The van der Waals surface area contributed by atoms with Crippen molar-refractivity contribution >= 4 is 5.91 Å². The van der Waals surface area contributed by atoms with Crippen LogP contribution in [0.15, 0.2) is 0 Å². The third kappa shape index (κ3) is 3.17. The molecule has 0 radical (unpaired) electrons. The Labute approximate surface area is 95.5 Å². The highest BCUT2D eigenvalue weighted by Crippen LogP contribution is 2.24. The molecule has 5 nitrogen and oxygen atoms in total. The molecule has 0 aliphatic heterocycles. The summed E-state index contributed by atoms with van der Waals surface area (Å²) >= 11 is 0. The Morgan fingerprint density at radius 1 is 1.06 bits per heavy atom. The molecule has 0 unspecified atom stereocenters. The third-order valence-electron chi connectivity index (χ3n) is 3.27. The maximum Gasteiger partial charge on any atom is 0.223 e. The fraction of sp³-hybridized carbons (Fsp3) is 0.909. The lowest BCUT2D eigenvalue weighted by Crippen LogP contribution is -2.58. The van der Waals surface area contributed by atoms with Crippen LogP contribution >= 0.6 is 0 Å². The van der Waals surface area contributed by atoms with E-state index in [-0.39, 0.29) is 11.8 Å². The summed E-state index contributed by atoms with van der Waals surface area (Å²) in [6, 6.07) is 0. The van der Waals surface area contributed by atoms with Gasteiger partial charge in [0.05, 0.1) is 19.8 Å². The number of carbonyl (C=O) groups excluding carboxylic acids is 1. The molecule has 0 heterocycles. The fourth-order valence-electron chi connectivity index (χ4n) is 2.00. The summed E-state index contributed by atoms with van der Waals surface area (Å²) in [4.78, 5) is 11.8. The van der Waals surface area contributed by atoms with Gasteiger partial charge in [0.2, 0.25) is 5.91 Å². The van der Waals surface area contributed by atoms with Crippen LogP contribution in [0.5, 0.6) is 0 Å². The quantitative estimate of drug-likeness (QED) is 0.508. The molecule has 0 aromatic heterocycles. The smallest absolute Gasteiger partial charge is 0.223 e. The summed E-state index contributed by atoms with van der Waals surface area (Å²) in [5, 5.41) is 29.8. The minimum atomic E-state index is -1.28. The average molecular weight is 231 g/mol. The van der Waals surface area contributed by atoms with Gasteiger partial charge in [-0.2, -0.15) is 0 Å². The maximum atomic E-state index is 11.8. The first kappa shape index (κ1) is 13.4. The molecule has 1 aliphatic rings. The number of amides is 1. The third-order valence-corrected chi connectivity index (χ3v) is 3.27. The number of carbonyl (C=O) groups is 1. The van der Waals surface area contributed by atoms with E-state index >= 15 is 0 Å². The molecule has 94 valence electrons. The zero-order chi connectivity index (χ0) is 12.0. The second kappa shape index (κ2) is 6.18. The highest BCUT2D eigenvalue weighted by atomic mass is 16.3. The highest BCUT2D eigenvalue weighted by molar-refractivity contribution is 5.79. The number of rotatable bonds is 5. The van der Waals surface area contributed by atoms with E-state index in [1.165, 1.54) is 0 Å². The number of aliphatic hydroxyl groups is 3. The molecular formula is C11H21NO4. The van der Waals surface area contributed by atoms with E-state index in [1.807, 2.05) is 0 Å². The molecule has 5 heteroatoms. The van der Waals surface area contributed by atoms with Crippen LogP contribution in [0.1, 0.15) is 32.1 Å². The topological polar surface area (TPSA) is 89.8 Å². The van der Waals surface area contributed by atoms with Gasteiger partial charge in [-0.25, -0.2) is 0 Å². The van der Waals surface area contributed by atoms with Crippen molar-refractivity contribution in [3.8, 4) is 0 Å². The minimum Gasteiger partial charge on any atom is -0.394 e.